The SMILES string of the molecule is Cc1cc(C)cc(Oc2ncnc(NCC3CCCO3)c2[N+](=O)[O-])c1. The molecule has 8 nitrogen and oxygen atoms in total. The highest BCUT2D eigenvalue weighted by atomic mass is 16.6. The van der Waals surface area contributed by atoms with Crippen LogP contribution in [0, 0.1) is 24.0 Å². The van der Waals surface area contributed by atoms with Gasteiger partial charge in [0, 0.05) is 13.2 Å². The third-order valence-corrected chi connectivity index (χ3v) is 3.90. The average molecular weight is 344 g/mol. The lowest BCUT2D eigenvalue weighted by molar-refractivity contribution is -0.385. The Balaban J connectivity index is 1.85. The Labute approximate surface area is 145 Å². The van der Waals surface area contributed by atoms with Crippen LogP contribution in [0.1, 0.15) is 24.0 Å². The van der Waals surface area contributed by atoms with E-state index in [-0.39, 0.29) is 23.5 Å². The van der Waals surface area contributed by atoms with Crippen molar-refractivity contribution in [3.05, 3.63) is 45.8 Å². The summed E-state index contributed by atoms with van der Waals surface area (Å²) in [5, 5.41) is 14.5. The van der Waals surface area contributed by atoms with Gasteiger partial charge in [0.15, 0.2) is 0 Å². The number of nitrogens with one attached hydrogen (secondary N) is 1. The second-order valence-corrected chi connectivity index (χ2v) is 6.07. The van der Waals surface area contributed by atoms with E-state index in [1.54, 1.807) is 12.1 Å². The van der Waals surface area contributed by atoms with Gasteiger partial charge in [-0.1, -0.05) is 6.07 Å². The smallest absolute Gasteiger partial charge is 0.373 e. The summed E-state index contributed by atoms with van der Waals surface area (Å²) in [4.78, 5) is 19.0. The van der Waals surface area contributed by atoms with Crippen molar-refractivity contribution in [2.75, 3.05) is 18.5 Å². The van der Waals surface area contributed by atoms with Gasteiger partial charge in [-0.05, 0) is 49.9 Å². The summed E-state index contributed by atoms with van der Waals surface area (Å²) in [6, 6.07) is 5.60. The molecule has 0 radical (unpaired) electrons. The molecule has 1 unspecified atom stereocenters. The predicted octanol–water partition coefficient (Wildman–Crippen LogP) is 3.38. The second-order valence-electron chi connectivity index (χ2n) is 6.07. The molecule has 0 aliphatic carbocycles. The van der Waals surface area contributed by atoms with Crippen LogP contribution in [0.3, 0.4) is 0 Å². The Morgan fingerprint density at radius 3 is 2.72 bits per heavy atom. The zero-order chi connectivity index (χ0) is 17.8. The van der Waals surface area contributed by atoms with Crippen LogP contribution in [0.5, 0.6) is 11.6 Å². The maximum absolute atomic E-state index is 11.5. The van der Waals surface area contributed by atoms with E-state index in [1.165, 1.54) is 6.33 Å². The van der Waals surface area contributed by atoms with Crippen LogP contribution in [-0.4, -0.2) is 34.1 Å². The lowest BCUT2D eigenvalue weighted by Gasteiger charge is -2.12. The first-order valence-electron chi connectivity index (χ1n) is 8.14. The molecule has 0 amide bonds. The van der Waals surface area contributed by atoms with Crippen LogP contribution in [-0.2, 0) is 4.74 Å². The highest BCUT2D eigenvalue weighted by Crippen LogP contribution is 2.34. The quantitative estimate of drug-likeness (QED) is 0.633. The number of aromatic nitrogens is 2. The number of nitro groups is 1. The lowest BCUT2D eigenvalue weighted by Crippen LogP contribution is -2.19. The molecule has 0 saturated carbocycles. The molecule has 1 aromatic heterocycles. The third kappa shape index (κ3) is 4.21. The topological polar surface area (TPSA) is 99.4 Å². The van der Waals surface area contributed by atoms with Gasteiger partial charge >= 0.3 is 11.6 Å². The number of hydrogen-bond donors (Lipinski definition) is 1. The Bertz CT molecular complexity index is 755. The number of rotatable bonds is 6. The van der Waals surface area contributed by atoms with E-state index in [2.05, 4.69) is 15.3 Å². The van der Waals surface area contributed by atoms with Gasteiger partial charge in [0.2, 0.25) is 5.82 Å². The van der Waals surface area contributed by atoms with Gasteiger partial charge in [0.05, 0.1) is 11.0 Å². The summed E-state index contributed by atoms with van der Waals surface area (Å²) in [5.41, 5.74) is 1.73. The standard InChI is InChI=1S/C17H20N4O4/c1-11-6-12(2)8-14(7-11)25-17-15(21(22)23)16(19-10-20-17)18-9-13-4-3-5-24-13/h6-8,10,13H,3-5,9H2,1-2H3,(H,18,19,20). The summed E-state index contributed by atoms with van der Waals surface area (Å²) in [5.74, 6) is 0.555. The first-order valence-corrected chi connectivity index (χ1v) is 8.14. The minimum absolute atomic E-state index is 0.0401. The molecular weight excluding hydrogens is 324 g/mol. The van der Waals surface area contributed by atoms with Crippen LogP contribution >= 0.6 is 0 Å². The Morgan fingerprint density at radius 2 is 2.08 bits per heavy atom. The van der Waals surface area contributed by atoms with Crippen LogP contribution in [0.15, 0.2) is 24.5 Å². The van der Waals surface area contributed by atoms with Gasteiger partial charge in [-0.25, -0.2) is 4.98 Å². The first kappa shape index (κ1) is 17.1. The van der Waals surface area contributed by atoms with Crippen molar-refractivity contribution in [3.63, 3.8) is 0 Å². The molecule has 1 saturated heterocycles. The number of hydrogen-bond acceptors (Lipinski definition) is 7. The van der Waals surface area contributed by atoms with Gasteiger partial charge in [0.1, 0.15) is 12.1 Å². The summed E-state index contributed by atoms with van der Waals surface area (Å²) in [7, 11) is 0. The Kier molecular flexibility index (Phi) is 5.08. The number of aryl methyl sites for hydroxylation is 2. The molecular formula is C17H20N4O4. The summed E-state index contributed by atoms with van der Waals surface area (Å²) in [6.45, 7) is 5.05. The van der Waals surface area contributed by atoms with Gasteiger partial charge in [0.25, 0.3) is 0 Å². The summed E-state index contributed by atoms with van der Waals surface area (Å²) >= 11 is 0. The lowest BCUT2D eigenvalue weighted by atomic mass is 10.1. The molecule has 25 heavy (non-hydrogen) atoms. The van der Waals surface area contributed by atoms with Crippen LogP contribution < -0.4 is 10.1 Å². The molecule has 3 rings (SSSR count). The zero-order valence-corrected chi connectivity index (χ0v) is 14.2. The first-order chi connectivity index (χ1) is 12.0. The summed E-state index contributed by atoms with van der Waals surface area (Å²) < 4.78 is 11.2. The van der Waals surface area contributed by atoms with E-state index >= 15 is 0 Å². The van der Waals surface area contributed by atoms with Crippen LogP contribution in [0.4, 0.5) is 11.5 Å². The molecule has 1 N–H and O–H groups in total. The van der Waals surface area contributed by atoms with Crippen molar-refractivity contribution in [1.29, 1.82) is 0 Å². The fourth-order valence-corrected chi connectivity index (χ4v) is 2.85. The number of ether oxygens (including phenoxy) is 2. The predicted molar refractivity (Wildman–Crippen MR) is 92.1 cm³/mol. The zero-order valence-electron chi connectivity index (χ0n) is 14.2. The second kappa shape index (κ2) is 7.43. The average Bonchev–Trinajstić information content (AvgIpc) is 3.05. The molecule has 2 aromatic rings. The van der Waals surface area contributed by atoms with E-state index in [4.69, 9.17) is 9.47 Å². The molecule has 1 fully saturated rings. The van der Waals surface area contributed by atoms with E-state index < -0.39 is 4.92 Å². The third-order valence-electron chi connectivity index (χ3n) is 3.90. The van der Waals surface area contributed by atoms with Crippen molar-refractivity contribution in [3.8, 4) is 11.6 Å². The molecule has 0 spiro atoms. The molecule has 1 aliphatic heterocycles. The normalized spacial score (nSPS) is 16.6. The Morgan fingerprint density at radius 1 is 1.32 bits per heavy atom. The van der Waals surface area contributed by atoms with Crippen LogP contribution in [0.25, 0.3) is 0 Å². The monoisotopic (exact) mass is 344 g/mol. The van der Waals surface area contributed by atoms with Crippen LogP contribution in [0.2, 0.25) is 0 Å². The van der Waals surface area contributed by atoms with E-state index in [1.807, 2.05) is 19.9 Å². The van der Waals surface area contributed by atoms with Crippen molar-refractivity contribution in [2.24, 2.45) is 0 Å². The molecule has 8 heteroatoms. The molecule has 1 aliphatic rings. The maximum Gasteiger partial charge on any atom is 0.373 e. The molecule has 0 bridgehead atoms. The fourth-order valence-electron chi connectivity index (χ4n) is 2.85. The largest absolute Gasteiger partial charge is 0.434 e. The maximum atomic E-state index is 11.5. The number of anilines is 1. The molecule has 132 valence electrons. The van der Waals surface area contributed by atoms with Gasteiger partial charge < -0.3 is 14.8 Å². The van der Waals surface area contributed by atoms with Gasteiger partial charge in [-0.2, -0.15) is 4.98 Å². The number of nitrogens with zero attached hydrogens (tertiary/aromatic N) is 3. The molecule has 1 atom stereocenters. The van der Waals surface area contributed by atoms with Crippen molar-refractivity contribution < 1.29 is 14.4 Å². The van der Waals surface area contributed by atoms with E-state index in [0.717, 1.165) is 30.6 Å². The van der Waals surface area contributed by atoms with Crippen molar-refractivity contribution >= 4 is 11.5 Å². The minimum atomic E-state index is -0.532. The minimum Gasteiger partial charge on any atom is -0.434 e. The van der Waals surface area contributed by atoms with Crippen molar-refractivity contribution in [1.82, 2.24) is 9.97 Å². The Hall–Kier alpha value is -2.74. The van der Waals surface area contributed by atoms with Gasteiger partial charge in [-0.3, -0.25) is 10.1 Å². The van der Waals surface area contributed by atoms with E-state index in [9.17, 15) is 10.1 Å². The van der Waals surface area contributed by atoms with E-state index in [0.29, 0.717) is 12.3 Å². The highest BCUT2D eigenvalue weighted by Gasteiger charge is 2.26. The number of benzene rings is 1. The van der Waals surface area contributed by atoms with Crippen molar-refractivity contribution in [2.45, 2.75) is 32.8 Å². The molecule has 2 heterocycles. The highest BCUT2D eigenvalue weighted by molar-refractivity contribution is 5.62. The van der Waals surface area contributed by atoms with Gasteiger partial charge in [-0.15, -0.1) is 0 Å². The molecule has 1 aromatic carbocycles. The fraction of sp³-hybridized carbons (Fsp3) is 0.412. The summed E-state index contributed by atoms with van der Waals surface area (Å²) in [6.07, 6.45) is 3.22.